The lowest BCUT2D eigenvalue weighted by Crippen LogP contribution is -2.10. The van der Waals surface area contributed by atoms with Crippen molar-refractivity contribution < 1.29 is 9.59 Å². The predicted octanol–water partition coefficient (Wildman–Crippen LogP) is 5.40. The van der Waals surface area contributed by atoms with Crippen molar-refractivity contribution in [3.63, 3.8) is 0 Å². The largest absolute Gasteiger partial charge is 0.310 e. The zero-order chi connectivity index (χ0) is 17.8. The molecule has 3 nitrogen and oxygen atoms in total. The number of benzene rings is 3. The van der Waals surface area contributed by atoms with Crippen molar-refractivity contribution in [1.29, 1.82) is 0 Å². The van der Waals surface area contributed by atoms with Gasteiger partial charge in [-0.3, -0.25) is 9.59 Å². The van der Waals surface area contributed by atoms with Crippen LogP contribution in [0.25, 0.3) is 0 Å². The molecule has 0 amide bonds. The first-order valence-electron chi connectivity index (χ1n) is 8.10. The molecular weight excluding hydrogens is 310 g/mol. The summed E-state index contributed by atoms with van der Waals surface area (Å²) in [7, 11) is 0. The number of hydrogen-bond donors (Lipinski definition) is 0. The summed E-state index contributed by atoms with van der Waals surface area (Å²) in [5.74, 6) is 0. The van der Waals surface area contributed by atoms with Gasteiger partial charge in [0.2, 0.25) is 0 Å². The Bertz CT molecular complexity index is 845. The van der Waals surface area contributed by atoms with Crippen LogP contribution in [0.15, 0.2) is 66.7 Å². The molecule has 0 bridgehead atoms. The highest BCUT2D eigenvalue weighted by Gasteiger charge is 2.13. The van der Waals surface area contributed by atoms with E-state index in [1.807, 2.05) is 24.3 Å². The summed E-state index contributed by atoms with van der Waals surface area (Å²) in [6.45, 7) is 4.17. The number of nitrogens with zero attached hydrogens (tertiary/aromatic N) is 1. The molecule has 3 aromatic rings. The van der Waals surface area contributed by atoms with Crippen LogP contribution in [-0.2, 0) is 0 Å². The van der Waals surface area contributed by atoms with Gasteiger partial charge in [0.1, 0.15) is 12.6 Å². The highest BCUT2D eigenvalue weighted by atomic mass is 16.1. The van der Waals surface area contributed by atoms with E-state index in [1.54, 1.807) is 24.3 Å². The Morgan fingerprint density at radius 1 is 0.600 bits per heavy atom. The Hall–Kier alpha value is -3.20. The van der Waals surface area contributed by atoms with E-state index in [2.05, 4.69) is 36.9 Å². The van der Waals surface area contributed by atoms with E-state index in [-0.39, 0.29) is 0 Å². The third kappa shape index (κ3) is 3.50. The second-order valence-corrected chi connectivity index (χ2v) is 6.02. The molecule has 25 heavy (non-hydrogen) atoms. The van der Waals surface area contributed by atoms with Gasteiger partial charge in [0.25, 0.3) is 0 Å². The van der Waals surface area contributed by atoms with Crippen LogP contribution in [0.5, 0.6) is 0 Å². The van der Waals surface area contributed by atoms with Crippen LogP contribution >= 0.6 is 0 Å². The minimum Gasteiger partial charge on any atom is -0.310 e. The number of aldehydes is 2. The standard InChI is InChI=1S/C22H19NO2/c1-16-3-8-22(13-17(16)2)23(20-9-4-18(14-24)5-10-20)21-11-6-19(15-25)7-12-21/h3-15H,1-2H3. The molecule has 0 atom stereocenters. The summed E-state index contributed by atoms with van der Waals surface area (Å²) in [6, 6.07) is 21.2. The number of rotatable bonds is 5. The molecule has 0 aliphatic carbocycles. The topological polar surface area (TPSA) is 37.4 Å². The minimum absolute atomic E-state index is 0.639. The van der Waals surface area contributed by atoms with Crippen molar-refractivity contribution in [3.05, 3.63) is 89.0 Å². The second kappa shape index (κ2) is 7.14. The Morgan fingerprint density at radius 2 is 1.04 bits per heavy atom. The van der Waals surface area contributed by atoms with E-state index in [1.165, 1.54) is 11.1 Å². The summed E-state index contributed by atoms with van der Waals surface area (Å²) in [6.07, 6.45) is 1.67. The van der Waals surface area contributed by atoms with Crippen LogP contribution in [0, 0.1) is 13.8 Å². The second-order valence-electron chi connectivity index (χ2n) is 6.02. The fraction of sp³-hybridized carbons (Fsp3) is 0.0909. The van der Waals surface area contributed by atoms with Gasteiger partial charge in [0.05, 0.1) is 0 Å². The third-order valence-corrected chi connectivity index (χ3v) is 4.32. The molecule has 0 saturated carbocycles. The molecule has 0 spiro atoms. The zero-order valence-electron chi connectivity index (χ0n) is 14.3. The van der Waals surface area contributed by atoms with E-state index >= 15 is 0 Å². The van der Waals surface area contributed by atoms with Crippen LogP contribution < -0.4 is 4.90 Å². The molecule has 3 heteroatoms. The van der Waals surface area contributed by atoms with Gasteiger partial charge < -0.3 is 4.90 Å². The lowest BCUT2D eigenvalue weighted by atomic mass is 10.1. The van der Waals surface area contributed by atoms with E-state index in [0.717, 1.165) is 29.6 Å². The summed E-state index contributed by atoms with van der Waals surface area (Å²) >= 11 is 0. The monoisotopic (exact) mass is 329 g/mol. The van der Waals surface area contributed by atoms with Gasteiger partial charge in [-0.25, -0.2) is 0 Å². The van der Waals surface area contributed by atoms with Crippen molar-refractivity contribution in [2.75, 3.05) is 4.90 Å². The molecule has 0 aliphatic rings. The van der Waals surface area contributed by atoms with E-state index in [0.29, 0.717) is 11.1 Å². The first-order valence-corrected chi connectivity index (χ1v) is 8.10. The van der Waals surface area contributed by atoms with E-state index in [4.69, 9.17) is 0 Å². The lowest BCUT2D eigenvalue weighted by Gasteiger charge is -2.26. The smallest absolute Gasteiger partial charge is 0.150 e. The Balaban J connectivity index is 2.13. The van der Waals surface area contributed by atoms with Gasteiger partial charge in [0, 0.05) is 28.2 Å². The first kappa shape index (κ1) is 16.7. The maximum atomic E-state index is 10.9. The molecule has 0 heterocycles. The van der Waals surface area contributed by atoms with Crippen molar-refractivity contribution in [2.24, 2.45) is 0 Å². The number of carbonyl (C=O) groups is 2. The van der Waals surface area contributed by atoms with Gasteiger partial charge in [-0.2, -0.15) is 0 Å². The van der Waals surface area contributed by atoms with Crippen molar-refractivity contribution in [1.82, 2.24) is 0 Å². The Labute approximate surface area is 147 Å². The average molecular weight is 329 g/mol. The van der Waals surface area contributed by atoms with Crippen molar-refractivity contribution in [3.8, 4) is 0 Å². The molecule has 0 aliphatic heterocycles. The van der Waals surface area contributed by atoms with Crippen LogP contribution in [0.2, 0.25) is 0 Å². The molecule has 0 unspecified atom stereocenters. The maximum Gasteiger partial charge on any atom is 0.150 e. The summed E-state index contributed by atoms with van der Waals surface area (Å²) in [5, 5.41) is 0. The van der Waals surface area contributed by atoms with Crippen LogP contribution in [-0.4, -0.2) is 12.6 Å². The Kier molecular flexibility index (Phi) is 4.75. The number of carbonyl (C=O) groups excluding carboxylic acids is 2. The minimum atomic E-state index is 0.639. The highest BCUT2D eigenvalue weighted by molar-refractivity contribution is 5.82. The summed E-state index contributed by atoms with van der Waals surface area (Å²) < 4.78 is 0. The van der Waals surface area contributed by atoms with Crippen LogP contribution in [0.3, 0.4) is 0 Å². The van der Waals surface area contributed by atoms with Gasteiger partial charge >= 0.3 is 0 Å². The lowest BCUT2D eigenvalue weighted by molar-refractivity contribution is 0.111. The molecule has 0 aromatic heterocycles. The van der Waals surface area contributed by atoms with Gasteiger partial charge in [-0.15, -0.1) is 0 Å². The molecule has 0 N–H and O–H groups in total. The summed E-state index contributed by atoms with van der Waals surface area (Å²) in [5.41, 5.74) is 6.65. The average Bonchev–Trinajstić information content (AvgIpc) is 2.66. The molecule has 3 rings (SSSR count). The number of anilines is 3. The summed E-state index contributed by atoms with van der Waals surface area (Å²) in [4.78, 5) is 24.0. The Morgan fingerprint density at radius 3 is 1.44 bits per heavy atom. The third-order valence-electron chi connectivity index (χ3n) is 4.32. The van der Waals surface area contributed by atoms with Crippen molar-refractivity contribution >= 4 is 29.6 Å². The fourth-order valence-corrected chi connectivity index (χ4v) is 2.72. The molecule has 3 aromatic carbocycles. The SMILES string of the molecule is Cc1ccc(N(c2ccc(C=O)cc2)c2ccc(C=O)cc2)cc1C. The highest BCUT2D eigenvalue weighted by Crippen LogP contribution is 2.35. The normalized spacial score (nSPS) is 10.3. The fourth-order valence-electron chi connectivity index (χ4n) is 2.72. The maximum absolute atomic E-state index is 10.9. The molecule has 0 fully saturated rings. The van der Waals surface area contributed by atoms with Gasteiger partial charge in [-0.05, 0) is 85.6 Å². The van der Waals surface area contributed by atoms with Crippen LogP contribution in [0.1, 0.15) is 31.8 Å². The number of aryl methyl sites for hydroxylation is 2. The zero-order valence-corrected chi connectivity index (χ0v) is 14.3. The molecule has 0 radical (unpaired) electrons. The van der Waals surface area contributed by atoms with E-state index < -0.39 is 0 Å². The molecule has 0 saturated heterocycles. The predicted molar refractivity (Wildman–Crippen MR) is 101 cm³/mol. The van der Waals surface area contributed by atoms with Crippen molar-refractivity contribution in [2.45, 2.75) is 13.8 Å². The van der Waals surface area contributed by atoms with Gasteiger partial charge in [-0.1, -0.05) is 6.07 Å². The van der Waals surface area contributed by atoms with Gasteiger partial charge in [0.15, 0.2) is 0 Å². The number of hydrogen-bond acceptors (Lipinski definition) is 3. The van der Waals surface area contributed by atoms with E-state index in [9.17, 15) is 9.59 Å². The quantitative estimate of drug-likeness (QED) is 0.588. The van der Waals surface area contributed by atoms with Crippen LogP contribution in [0.4, 0.5) is 17.1 Å². The molecule has 124 valence electrons. The molecular formula is C22H19NO2. The first-order chi connectivity index (χ1) is 12.1.